The molecule has 176 valence electrons. The summed E-state index contributed by atoms with van der Waals surface area (Å²) in [7, 11) is 0. The zero-order valence-corrected chi connectivity index (χ0v) is 18.4. The monoisotopic (exact) mass is 456 g/mol. The summed E-state index contributed by atoms with van der Waals surface area (Å²) in [6.07, 6.45) is -0.734. The quantitative estimate of drug-likeness (QED) is 0.353. The van der Waals surface area contributed by atoms with Crippen molar-refractivity contribution in [2.75, 3.05) is 6.61 Å². The molecular weight excluding hydrogens is 427 g/mol. The summed E-state index contributed by atoms with van der Waals surface area (Å²) < 4.78 is 80.4. The van der Waals surface area contributed by atoms with Crippen molar-refractivity contribution in [1.82, 2.24) is 0 Å². The van der Waals surface area contributed by atoms with E-state index >= 15 is 0 Å². The van der Waals surface area contributed by atoms with Crippen LogP contribution in [0.5, 0.6) is 11.5 Å². The maximum atomic E-state index is 14.8. The molecule has 1 aliphatic carbocycles. The van der Waals surface area contributed by atoms with E-state index in [2.05, 4.69) is 6.92 Å². The zero-order chi connectivity index (χ0) is 23.3. The average Bonchev–Trinajstić information content (AvgIpc) is 2.76. The molecule has 2 nitrogen and oxygen atoms in total. The fraction of sp³-hybridized carbons (Fsp3) is 0.520. The molecule has 2 aromatic rings. The van der Waals surface area contributed by atoms with Crippen molar-refractivity contribution in [1.29, 1.82) is 0 Å². The number of benzene rings is 2. The first-order valence-electron chi connectivity index (χ1n) is 11.2. The lowest BCUT2D eigenvalue weighted by molar-refractivity contribution is -0.187. The minimum absolute atomic E-state index is 0.0123. The number of alkyl halides is 4. The van der Waals surface area contributed by atoms with Gasteiger partial charge in [-0.1, -0.05) is 31.9 Å². The molecule has 1 saturated carbocycles. The highest BCUT2D eigenvalue weighted by molar-refractivity contribution is 5.41. The first-order valence-corrected chi connectivity index (χ1v) is 11.2. The number of rotatable bonds is 9. The van der Waals surface area contributed by atoms with Gasteiger partial charge in [0.1, 0.15) is 5.75 Å². The molecule has 0 radical (unpaired) electrons. The van der Waals surface area contributed by atoms with E-state index in [1.807, 2.05) is 0 Å². The van der Waals surface area contributed by atoms with Crippen molar-refractivity contribution in [3.05, 3.63) is 58.9 Å². The molecule has 0 amide bonds. The highest BCUT2D eigenvalue weighted by Crippen LogP contribution is 2.42. The summed E-state index contributed by atoms with van der Waals surface area (Å²) in [4.78, 5) is 0. The largest absolute Gasteiger partial charge is 0.491 e. The molecule has 7 heteroatoms. The molecule has 1 fully saturated rings. The Balaban J connectivity index is 1.75. The van der Waals surface area contributed by atoms with Gasteiger partial charge in [0.05, 0.1) is 17.7 Å². The standard InChI is InChI=1S/C25H29F5O2/c1-3-5-16-6-8-17(9-7-16)18-10-12-19(13-11-18)32-25(29,30)20-14-15-21(31-4-2)23(26)22(20)24(27)28/h10-17,24H,3-9H2,1-2H3. The van der Waals surface area contributed by atoms with Gasteiger partial charge in [-0.2, -0.15) is 8.78 Å². The Bertz CT molecular complexity index is 875. The van der Waals surface area contributed by atoms with Crippen LogP contribution in [-0.4, -0.2) is 6.61 Å². The van der Waals surface area contributed by atoms with Gasteiger partial charge in [-0.25, -0.2) is 13.2 Å². The van der Waals surface area contributed by atoms with Gasteiger partial charge in [-0.3, -0.25) is 0 Å². The van der Waals surface area contributed by atoms with Crippen LogP contribution in [-0.2, 0) is 6.11 Å². The van der Waals surface area contributed by atoms with Crippen LogP contribution in [0.2, 0.25) is 0 Å². The minimum atomic E-state index is -4.14. The molecule has 1 aliphatic rings. The predicted molar refractivity (Wildman–Crippen MR) is 113 cm³/mol. The van der Waals surface area contributed by atoms with Crippen LogP contribution in [0.1, 0.15) is 81.4 Å². The molecule has 2 aromatic carbocycles. The van der Waals surface area contributed by atoms with Gasteiger partial charge in [0.2, 0.25) is 0 Å². The van der Waals surface area contributed by atoms with Gasteiger partial charge >= 0.3 is 6.11 Å². The minimum Gasteiger partial charge on any atom is -0.491 e. The van der Waals surface area contributed by atoms with E-state index in [1.165, 1.54) is 31.9 Å². The maximum absolute atomic E-state index is 14.8. The zero-order valence-electron chi connectivity index (χ0n) is 18.4. The van der Waals surface area contributed by atoms with E-state index < -0.39 is 35.2 Å². The van der Waals surface area contributed by atoms with Crippen molar-refractivity contribution in [3.8, 4) is 11.5 Å². The molecule has 0 unspecified atom stereocenters. The molecule has 0 aromatic heterocycles. The van der Waals surface area contributed by atoms with Crippen LogP contribution in [0.25, 0.3) is 0 Å². The summed E-state index contributed by atoms with van der Waals surface area (Å²) in [6.45, 7) is 3.73. The third kappa shape index (κ3) is 5.54. The molecule has 0 atom stereocenters. The Labute approximate surface area is 185 Å². The van der Waals surface area contributed by atoms with E-state index in [-0.39, 0.29) is 12.4 Å². The SMILES string of the molecule is CCCC1CCC(c2ccc(OC(F)(F)c3ccc(OCC)c(F)c3C(F)F)cc2)CC1. The Morgan fingerprint density at radius 2 is 1.62 bits per heavy atom. The van der Waals surface area contributed by atoms with E-state index in [1.54, 1.807) is 12.1 Å². The molecule has 0 heterocycles. The topological polar surface area (TPSA) is 18.5 Å². The van der Waals surface area contributed by atoms with Crippen molar-refractivity contribution in [2.24, 2.45) is 5.92 Å². The number of halogens is 5. The second-order valence-corrected chi connectivity index (χ2v) is 8.27. The van der Waals surface area contributed by atoms with Crippen LogP contribution in [0, 0.1) is 11.7 Å². The van der Waals surface area contributed by atoms with Crippen LogP contribution >= 0.6 is 0 Å². The third-order valence-corrected chi connectivity index (χ3v) is 6.12. The van der Waals surface area contributed by atoms with Crippen molar-refractivity contribution in [2.45, 2.75) is 70.8 Å². The highest BCUT2D eigenvalue weighted by Gasteiger charge is 2.41. The summed E-state index contributed by atoms with van der Waals surface area (Å²) >= 11 is 0. The maximum Gasteiger partial charge on any atom is 0.427 e. The van der Waals surface area contributed by atoms with E-state index in [9.17, 15) is 22.0 Å². The lowest BCUT2D eigenvalue weighted by Gasteiger charge is -2.28. The summed E-state index contributed by atoms with van der Waals surface area (Å²) in [5.74, 6) is -1.04. The molecule has 0 aliphatic heterocycles. The van der Waals surface area contributed by atoms with Gasteiger partial charge in [0.15, 0.2) is 11.6 Å². The second-order valence-electron chi connectivity index (χ2n) is 8.27. The van der Waals surface area contributed by atoms with E-state index in [0.29, 0.717) is 5.92 Å². The smallest absolute Gasteiger partial charge is 0.427 e. The van der Waals surface area contributed by atoms with Gasteiger partial charge in [-0.05, 0) is 74.3 Å². The van der Waals surface area contributed by atoms with Crippen LogP contribution in [0.3, 0.4) is 0 Å². The fourth-order valence-corrected chi connectivity index (χ4v) is 4.51. The Morgan fingerprint density at radius 1 is 0.969 bits per heavy atom. The number of ether oxygens (including phenoxy) is 2. The van der Waals surface area contributed by atoms with Crippen molar-refractivity contribution >= 4 is 0 Å². The Hall–Kier alpha value is -2.31. The summed E-state index contributed by atoms with van der Waals surface area (Å²) in [5, 5.41) is 0. The summed E-state index contributed by atoms with van der Waals surface area (Å²) in [5.41, 5.74) is -1.58. The fourth-order valence-electron chi connectivity index (χ4n) is 4.51. The lowest BCUT2D eigenvalue weighted by Crippen LogP contribution is -2.24. The molecule has 3 rings (SSSR count). The van der Waals surface area contributed by atoms with Gasteiger partial charge in [-0.15, -0.1) is 0 Å². The predicted octanol–water partition coefficient (Wildman–Crippen LogP) is 8.36. The molecule has 0 bridgehead atoms. The lowest BCUT2D eigenvalue weighted by atomic mass is 9.77. The van der Waals surface area contributed by atoms with Gasteiger partial charge in [0.25, 0.3) is 6.43 Å². The van der Waals surface area contributed by atoms with Crippen molar-refractivity contribution in [3.63, 3.8) is 0 Å². The molecule has 32 heavy (non-hydrogen) atoms. The first kappa shape index (κ1) is 24.3. The Kier molecular flexibility index (Phi) is 8.01. The normalized spacial score (nSPS) is 19.2. The van der Waals surface area contributed by atoms with Crippen LogP contribution in [0.15, 0.2) is 36.4 Å². The van der Waals surface area contributed by atoms with E-state index in [0.717, 1.165) is 49.3 Å². The second kappa shape index (κ2) is 10.5. The Morgan fingerprint density at radius 3 is 2.19 bits per heavy atom. The number of hydrogen-bond acceptors (Lipinski definition) is 2. The number of hydrogen-bond donors (Lipinski definition) is 0. The molecule has 0 saturated heterocycles. The highest BCUT2D eigenvalue weighted by atomic mass is 19.3. The molecule has 0 N–H and O–H groups in total. The van der Waals surface area contributed by atoms with Crippen molar-refractivity contribution < 1.29 is 31.4 Å². The first-order chi connectivity index (χ1) is 15.3. The molecular formula is C25H29F5O2. The summed E-state index contributed by atoms with van der Waals surface area (Å²) in [6, 6.07) is 7.93. The van der Waals surface area contributed by atoms with Gasteiger partial charge in [0, 0.05) is 0 Å². The van der Waals surface area contributed by atoms with Gasteiger partial charge < -0.3 is 9.47 Å². The average molecular weight is 456 g/mol. The third-order valence-electron chi connectivity index (χ3n) is 6.12. The van der Waals surface area contributed by atoms with Crippen LogP contribution in [0.4, 0.5) is 22.0 Å². The van der Waals surface area contributed by atoms with Crippen LogP contribution < -0.4 is 9.47 Å². The molecule has 0 spiro atoms. The van der Waals surface area contributed by atoms with E-state index in [4.69, 9.17) is 9.47 Å².